The molecule has 4 heterocycles. The Morgan fingerprint density at radius 3 is 1.38 bits per heavy atom. The molecule has 5 aromatic carbocycles. The lowest BCUT2D eigenvalue weighted by molar-refractivity contribution is -0.134. The number of nitrogens with one attached hydrogen (secondary N) is 4. The van der Waals surface area contributed by atoms with Gasteiger partial charge in [0.25, 0.3) is 11.8 Å². The number of nitrogens with zero attached hydrogens (tertiary/aromatic N) is 4. The Morgan fingerprint density at radius 2 is 0.921 bits per heavy atom. The minimum Gasteiger partial charge on any atom is -0.350 e. The normalized spacial score (nSPS) is 20.9. The fraction of sp³-hybridized carbons (Fsp3) is 0.448. The number of likely N-dealkylation sites (tertiary alicyclic amines) is 2. The van der Waals surface area contributed by atoms with Crippen LogP contribution in [0, 0.1) is 0 Å². The summed E-state index contributed by atoms with van der Waals surface area (Å²) in [4.78, 5) is 61.8. The molecule has 0 bridgehead atoms. The van der Waals surface area contributed by atoms with Crippen molar-refractivity contribution in [2.24, 2.45) is 0 Å². The van der Waals surface area contributed by atoms with Crippen molar-refractivity contribution in [3.05, 3.63) is 149 Å². The van der Waals surface area contributed by atoms with E-state index in [0.29, 0.717) is 93.4 Å². The number of benzene rings is 5. The largest absolute Gasteiger partial charge is 0.350 e. The van der Waals surface area contributed by atoms with Gasteiger partial charge in [0.05, 0.1) is 22.1 Å². The summed E-state index contributed by atoms with van der Waals surface area (Å²) in [5, 5.41) is 18.3. The van der Waals surface area contributed by atoms with E-state index in [2.05, 4.69) is 31.1 Å². The summed E-state index contributed by atoms with van der Waals surface area (Å²) < 4.78 is 0. The van der Waals surface area contributed by atoms with Gasteiger partial charge in [0.15, 0.2) is 0 Å². The molecule has 0 saturated carbocycles. The van der Waals surface area contributed by atoms with Crippen LogP contribution in [0.5, 0.6) is 0 Å². The van der Waals surface area contributed by atoms with E-state index in [1.165, 1.54) is 38.5 Å². The van der Waals surface area contributed by atoms with Gasteiger partial charge in [0, 0.05) is 95.7 Å². The fourth-order valence-electron chi connectivity index (χ4n) is 10.7. The molecule has 76 heavy (non-hydrogen) atoms. The lowest BCUT2D eigenvalue weighted by atomic mass is 10.1. The zero-order chi connectivity index (χ0) is 53.6. The molecule has 5 aromatic rings. The van der Waals surface area contributed by atoms with Crippen molar-refractivity contribution in [3.63, 3.8) is 0 Å². The second-order valence-electron chi connectivity index (χ2n) is 20.5. The first-order chi connectivity index (χ1) is 36.7. The smallest absolute Gasteiger partial charge is 0.251 e. The van der Waals surface area contributed by atoms with Crippen molar-refractivity contribution in [3.8, 4) is 0 Å². The van der Waals surface area contributed by atoms with E-state index in [9.17, 15) is 19.2 Å². The van der Waals surface area contributed by atoms with E-state index < -0.39 is 0 Å². The van der Waals surface area contributed by atoms with Gasteiger partial charge in [-0.3, -0.25) is 19.2 Å². The number of amides is 4. The maximum atomic E-state index is 13.7. The fourth-order valence-corrected chi connectivity index (χ4v) is 12.1. The third-order valence-corrected chi connectivity index (χ3v) is 16.4. The zero-order valence-corrected chi connectivity index (χ0v) is 47.3. The topological polar surface area (TPSA) is 129 Å². The number of halogens is 6. The summed E-state index contributed by atoms with van der Waals surface area (Å²) in [6.45, 7) is 8.98. The Labute approximate surface area is 477 Å². The molecule has 4 amide bonds. The van der Waals surface area contributed by atoms with Crippen molar-refractivity contribution in [1.82, 2.24) is 40.9 Å². The van der Waals surface area contributed by atoms with Crippen LogP contribution in [-0.2, 0) is 22.7 Å². The van der Waals surface area contributed by atoms with Gasteiger partial charge < -0.3 is 40.9 Å². The number of hydrogen-bond acceptors (Lipinski definition) is 8. The summed E-state index contributed by atoms with van der Waals surface area (Å²) in [5.74, 6) is -0.183. The van der Waals surface area contributed by atoms with E-state index in [0.717, 1.165) is 74.0 Å². The molecule has 0 unspecified atom stereocenters. The average Bonchev–Trinajstić information content (AvgIpc) is 3.65. The van der Waals surface area contributed by atoms with E-state index in [4.69, 9.17) is 69.6 Å². The van der Waals surface area contributed by atoms with Crippen LogP contribution in [0.3, 0.4) is 0 Å². The molecule has 4 saturated heterocycles. The first-order valence-corrected chi connectivity index (χ1v) is 28.9. The SMILES string of the molecule is O=C(NC[C@@H]1CCN(Cc2cc(Cl)cc(Cl)c2)C(=O)[C@H](CCN2CCCCC2)N1)c1ccc(Cl)c(Cl)c1.O=C(NC[C@@H]1CCN(Cc2cc(Cl)cc(Cl)c2)C(=O)[C@H](CCN2CCCCC2)N1)c1ccc2ccccc2c1. The Kier molecular flexibility index (Phi) is 21.8. The Hall–Kier alpha value is -4.18. The van der Waals surface area contributed by atoms with Crippen LogP contribution in [0.1, 0.15) is 96.1 Å². The quantitative estimate of drug-likeness (QED) is 0.0769. The average molecular weight is 1150 g/mol. The standard InChI is InChI=1S/C31H36Cl2N4O2.C27H32Cl4N4O2/c32-26-16-22(17-27(33)19-26)21-37-15-10-28(35-29(31(37)39)11-14-36-12-4-1-5-13-36)20-34-30(38)25-9-8-23-6-2-3-7-24(23)18-25;28-20-12-18(13-21(29)15-20)17-35-11-6-22(16-32-26(36)19-4-5-23(30)24(31)14-19)33-25(27(35)37)7-10-34-8-2-1-3-9-34/h2-3,6-9,16-19,28-29,35H,1,4-5,10-15,20-21H2,(H,34,38);4-5,12-15,22,25,33H,1-3,6-11,16-17H2,(H,32,36)/t28-,29-;22-,25-/m00/s1. The minimum absolute atomic E-state index is 0.0161. The summed E-state index contributed by atoms with van der Waals surface area (Å²) in [6.07, 6.45) is 10.3. The molecule has 4 aliphatic heterocycles. The minimum atomic E-state index is -0.342. The number of piperidine rings is 2. The van der Waals surface area contributed by atoms with Gasteiger partial charge >= 0.3 is 0 Å². The Bertz CT molecular complexity index is 2750. The molecule has 0 spiro atoms. The van der Waals surface area contributed by atoms with Crippen LogP contribution in [-0.4, -0.2) is 133 Å². The third kappa shape index (κ3) is 17.2. The number of carbonyl (C=O) groups is 4. The van der Waals surface area contributed by atoms with Crippen molar-refractivity contribution in [1.29, 1.82) is 0 Å². The van der Waals surface area contributed by atoms with Crippen LogP contribution in [0.15, 0.2) is 97.1 Å². The van der Waals surface area contributed by atoms with Gasteiger partial charge in [0.2, 0.25) is 11.8 Å². The zero-order valence-electron chi connectivity index (χ0n) is 42.8. The monoisotopic (exact) mass is 1150 g/mol. The van der Waals surface area contributed by atoms with Gasteiger partial charge in [-0.2, -0.15) is 0 Å². The first-order valence-electron chi connectivity index (χ1n) is 26.7. The maximum absolute atomic E-state index is 13.7. The lowest BCUT2D eigenvalue weighted by Gasteiger charge is -2.30. The highest BCUT2D eigenvalue weighted by molar-refractivity contribution is 6.42. The highest BCUT2D eigenvalue weighted by Crippen LogP contribution is 2.26. The van der Waals surface area contributed by atoms with Crippen molar-refractivity contribution in [2.75, 3.05) is 65.4 Å². The summed E-state index contributed by atoms with van der Waals surface area (Å²) >= 11 is 36.9. The molecule has 406 valence electrons. The van der Waals surface area contributed by atoms with E-state index in [1.54, 1.807) is 30.3 Å². The van der Waals surface area contributed by atoms with Crippen molar-refractivity contribution in [2.45, 2.75) is 101 Å². The maximum Gasteiger partial charge on any atom is 0.251 e. The summed E-state index contributed by atoms with van der Waals surface area (Å²) in [7, 11) is 0. The molecule has 12 nitrogen and oxygen atoms in total. The van der Waals surface area contributed by atoms with Gasteiger partial charge in [0.1, 0.15) is 0 Å². The number of hydrogen-bond donors (Lipinski definition) is 4. The van der Waals surface area contributed by atoms with Crippen LogP contribution < -0.4 is 21.3 Å². The van der Waals surface area contributed by atoms with Crippen LogP contribution in [0.2, 0.25) is 30.1 Å². The first kappa shape index (κ1) is 58.0. The van der Waals surface area contributed by atoms with E-state index in [1.807, 2.05) is 76.5 Å². The highest BCUT2D eigenvalue weighted by atomic mass is 35.5. The number of carbonyl (C=O) groups excluding carboxylic acids is 4. The van der Waals surface area contributed by atoms with Gasteiger partial charge in [-0.25, -0.2) is 0 Å². The molecule has 0 radical (unpaired) electrons. The number of rotatable bonds is 16. The van der Waals surface area contributed by atoms with Crippen molar-refractivity contribution >= 4 is 104 Å². The van der Waals surface area contributed by atoms with Gasteiger partial charge in [-0.05, 0) is 166 Å². The highest BCUT2D eigenvalue weighted by Gasteiger charge is 2.33. The molecule has 4 N–H and O–H groups in total. The summed E-state index contributed by atoms with van der Waals surface area (Å²) in [6, 6.07) is 28.7. The molecule has 9 rings (SSSR count). The molecule has 4 atom stereocenters. The second-order valence-corrected chi connectivity index (χ2v) is 23.0. The van der Waals surface area contributed by atoms with E-state index in [-0.39, 0.29) is 47.8 Å². The third-order valence-electron chi connectivity index (χ3n) is 14.8. The molecule has 4 fully saturated rings. The number of fused-ring (bicyclic) bond motifs is 1. The van der Waals surface area contributed by atoms with Crippen molar-refractivity contribution < 1.29 is 19.2 Å². The molecular formula is C58H68Cl6N8O4. The molecule has 0 aliphatic carbocycles. The predicted molar refractivity (Wildman–Crippen MR) is 309 cm³/mol. The molecular weight excluding hydrogens is 1090 g/mol. The predicted octanol–water partition coefficient (Wildman–Crippen LogP) is 11.2. The Morgan fingerprint density at radius 1 is 0.487 bits per heavy atom. The van der Waals surface area contributed by atoms with Crippen LogP contribution in [0.4, 0.5) is 0 Å². The molecule has 0 aromatic heterocycles. The van der Waals surface area contributed by atoms with Crippen LogP contribution in [0.25, 0.3) is 10.8 Å². The van der Waals surface area contributed by atoms with E-state index >= 15 is 0 Å². The summed E-state index contributed by atoms with van der Waals surface area (Å²) in [5.41, 5.74) is 2.89. The van der Waals surface area contributed by atoms with Gasteiger partial charge in [-0.1, -0.05) is 113 Å². The lowest BCUT2D eigenvalue weighted by Crippen LogP contribution is -2.50. The Balaban J connectivity index is 0.000000202. The molecule has 18 heteroatoms. The second kappa shape index (κ2) is 28.6. The molecule has 4 aliphatic rings. The van der Waals surface area contributed by atoms with Crippen LogP contribution >= 0.6 is 69.6 Å². The van der Waals surface area contributed by atoms with Gasteiger partial charge in [-0.15, -0.1) is 0 Å².